The molecular weight excluding hydrogens is 252 g/mol. The Morgan fingerprint density at radius 1 is 1.30 bits per heavy atom. The van der Waals surface area contributed by atoms with Gasteiger partial charge in [0.1, 0.15) is 5.69 Å². The molecule has 4 heteroatoms. The zero-order valence-corrected chi connectivity index (χ0v) is 12.2. The van der Waals surface area contributed by atoms with Crippen molar-refractivity contribution in [3.05, 3.63) is 53.4 Å². The van der Waals surface area contributed by atoms with Crippen molar-refractivity contribution in [3.8, 4) is 0 Å². The lowest BCUT2D eigenvalue weighted by atomic mass is 10.1. The number of nitrogens with zero attached hydrogens (tertiary/aromatic N) is 2. The number of ether oxygens (including phenoxy) is 1. The lowest BCUT2D eigenvalue weighted by Crippen LogP contribution is -2.04. The minimum Gasteiger partial charge on any atom is -0.427 e. The molecule has 1 atom stereocenters. The van der Waals surface area contributed by atoms with Crippen molar-refractivity contribution >= 4 is 5.90 Å². The number of oxime groups is 1. The molecule has 0 saturated heterocycles. The van der Waals surface area contributed by atoms with Gasteiger partial charge in [0.2, 0.25) is 0 Å². The molecule has 20 heavy (non-hydrogen) atoms. The number of allylic oxidation sites excluding steroid dienone is 3. The van der Waals surface area contributed by atoms with E-state index in [2.05, 4.69) is 37.0 Å². The summed E-state index contributed by atoms with van der Waals surface area (Å²) in [5, 5.41) is 3.94. The molecule has 2 rings (SSSR count). The molecule has 0 spiro atoms. The van der Waals surface area contributed by atoms with E-state index in [9.17, 15) is 0 Å². The molecule has 2 heterocycles. The van der Waals surface area contributed by atoms with Gasteiger partial charge >= 0.3 is 6.29 Å². The van der Waals surface area contributed by atoms with Crippen LogP contribution in [0.5, 0.6) is 0 Å². The van der Waals surface area contributed by atoms with Crippen molar-refractivity contribution in [2.24, 2.45) is 5.16 Å². The quantitative estimate of drug-likeness (QED) is 0.757. The summed E-state index contributed by atoms with van der Waals surface area (Å²) in [4.78, 5) is 9.43. The highest BCUT2D eigenvalue weighted by atomic mass is 16.8. The van der Waals surface area contributed by atoms with Gasteiger partial charge in [-0.3, -0.25) is 4.98 Å². The minimum absolute atomic E-state index is 0.510. The van der Waals surface area contributed by atoms with Crippen molar-refractivity contribution < 1.29 is 9.57 Å². The van der Waals surface area contributed by atoms with Crippen LogP contribution >= 0.6 is 0 Å². The molecule has 0 radical (unpaired) electrons. The van der Waals surface area contributed by atoms with Crippen LogP contribution < -0.4 is 0 Å². The van der Waals surface area contributed by atoms with Gasteiger partial charge in [-0.05, 0) is 50.9 Å². The summed E-state index contributed by atoms with van der Waals surface area (Å²) in [6.07, 6.45) is 7.34. The summed E-state index contributed by atoms with van der Waals surface area (Å²) in [6.45, 7) is 6.28. The molecule has 1 unspecified atom stereocenters. The molecule has 106 valence electrons. The normalized spacial score (nSPS) is 18.1. The lowest BCUT2D eigenvalue weighted by Gasteiger charge is -2.07. The molecule has 1 aromatic heterocycles. The van der Waals surface area contributed by atoms with E-state index in [4.69, 9.17) is 9.57 Å². The highest BCUT2D eigenvalue weighted by Crippen LogP contribution is 2.23. The average molecular weight is 272 g/mol. The maximum absolute atomic E-state index is 5.62. The SMILES string of the molecule is CC(C)=CCC/C(C)=C/C1=NOC(c2ccccn2)O1. The Morgan fingerprint density at radius 2 is 2.15 bits per heavy atom. The van der Waals surface area contributed by atoms with Gasteiger partial charge in [-0.25, -0.2) is 0 Å². The average Bonchev–Trinajstić information content (AvgIpc) is 2.88. The third kappa shape index (κ3) is 4.23. The van der Waals surface area contributed by atoms with E-state index in [-0.39, 0.29) is 0 Å². The predicted octanol–water partition coefficient (Wildman–Crippen LogP) is 4.13. The Hall–Kier alpha value is -2.10. The largest absolute Gasteiger partial charge is 0.427 e. The monoisotopic (exact) mass is 272 g/mol. The number of hydrogen-bond donors (Lipinski definition) is 0. The maximum atomic E-state index is 5.62. The molecule has 4 nitrogen and oxygen atoms in total. The minimum atomic E-state index is -0.534. The summed E-state index contributed by atoms with van der Waals surface area (Å²) in [7, 11) is 0. The van der Waals surface area contributed by atoms with E-state index in [1.54, 1.807) is 6.20 Å². The van der Waals surface area contributed by atoms with E-state index >= 15 is 0 Å². The second-order valence-electron chi connectivity index (χ2n) is 5.05. The first kappa shape index (κ1) is 14.3. The zero-order chi connectivity index (χ0) is 14.4. The van der Waals surface area contributed by atoms with Crippen LogP contribution in [0.15, 0.2) is 52.8 Å². The van der Waals surface area contributed by atoms with Crippen molar-refractivity contribution in [1.82, 2.24) is 4.98 Å². The number of hydrogen-bond acceptors (Lipinski definition) is 4. The van der Waals surface area contributed by atoms with Crippen molar-refractivity contribution in [3.63, 3.8) is 0 Å². The number of rotatable bonds is 5. The van der Waals surface area contributed by atoms with Gasteiger partial charge in [0.25, 0.3) is 5.90 Å². The first-order valence-corrected chi connectivity index (χ1v) is 6.77. The smallest absolute Gasteiger partial charge is 0.310 e. The van der Waals surface area contributed by atoms with Crippen LogP contribution in [0.1, 0.15) is 45.6 Å². The summed E-state index contributed by atoms with van der Waals surface area (Å²) in [5.74, 6) is 0.510. The highest BCUT2D eigenvalue weighted by Gasteiger charge is 2.23. The molecule has 1 aromatic rings. The molecule has 0 bridgehead atoms. The lowest BCUT2D eigenvalue weighted by molar-refractivity contribution is -0.0527. The molecular formula is C16H20N2O2. The zero-order valence-electron chi connectivity index (χ0n) is 12.2. The van der Waals surface area contributed by atoms with Crippen LogP contribution in [-0.2, 0) is 9.57 Å². The first-order chi connectivity index (χ1) is 9.65. The van der Waals surface area contributed by atoms with Crippen LogP contribution in [-0.4, -0.2) is 10.9 Å². The summed E-state index contributed by atoms with van der Waals surface area (Å²) < 4.78 is 5.62. The topological polar surface area (TPSA) is 43.7 Å². The Bertz CT molecular complexity index is 529. The first-order valence-electron chi connectivity index (χ1n) is 6.77. The molecule has 1 aliphatic heterocycles. The van der Waals surface area contributed by atoms with Gasteiger partial charge in [-0.15, -0.1) is 0 Å². The van der Waals surface area contributed by atoms with E-state index < -0.39 is 6.29 Å². The van der Waals surface area contributed by atoms with Crippen LogP contribution in [0.25, 0.3) is 0 Å². The molecule has 0 aromatic carbocycles. The summed E-state index contributed by atoms with van der Waals surface area (Å²) in [5.41, 5.74) is 3.28. The maximum Gasteiger partial charge on any atom is 0.310 e. The standard InChI is InChI=1S/C16H20N2O2/c1-12(2)7-6-8-13(3)11-15-18-20-16(19-15)14-9-4-5-10-17-14/h4-5,7,9-11,16H,6,8H2,1-3H3/b13-11+. The van der Waals surface area contributed by atoms with Gasteiger partial charge in [0.05, 0.1) is 0 Å². The Kier molecular flexibility index (Phi) is 4.93. The molecule has 0 saturated carbocycles. The van der Waals surface area contributed by atoms with Gasteiger partial charge in [-0.2, -0.15) is 0 Å². The Balaban J connectivity index is 1.88. The molecule has 1 aliphatic rings. The fraction of sp³-hybridized carbons (Fsp3) is 0.375. The Morgan fingerprint density at radius 3 is 2.85 bits per heavy atom. The number of pyridine rings is 1. The molecule has 0 aliphatic carbocycles. The third-order valence-corrected chi connectivity index (χ3v) is 2.86. The van der Waals surface area contributed by atoms with Crippen molar-refractivity contribution in [1.29, 1.82) is 0 Å². The van der Waals surface area contributed by atoms with Crippen molar-refractivity contribution in [2.45, 2.75) is 39.9 Å². The van der Waals surface area contributed by atoms with Gasteiger partial charge < -0.3 is 9.57 Å². The Labute approximate surface area is 119 Å². The van der Waals surface area contributed by atoms with E-state index in [1.165, 1.54) is 11.1 Å². The van der Waals surface area contributed by atoms with Crippen molar-refractivity contribution in [2.75, 3.05) is 0 Å². The predicted molar refractivity (Wildman–Crippen MR) is 79.0 cm³/mol. The van der Waals surface area contributed by atoms with E-state index in [0.29, 0.717) is 5.90 Å². The summed E-state index contributed by atoms with van der Waals surface area (Å²) in [6, 6.07) is 5.61. The van der Waals surface area contributed by atoms with Crippen LogP contribution in [0, 0.1) is 0 Å². The summed E-state index contributed by atoms with van der Waals surface area (Å²) >= 11 is 0. The fourth-order valence-electron chi connectivity index (χ4n) is 1.81. The van der Waals surface area contributed by atoms with Crippen LogP contribution in [0.3, 0.4) is 0 Å². The van der Waals surface area contributed by atoms with Gasteiger partial charge in [-0.1, -0.05) is 23.3 Å². The second-order valence-corrected chi connectivity index (χ2v) is 5.05. The van der Waals surface area contributed by atoms with Gasteiger partial charge in [0, 0.05) is 12.3 Å². The third-order valence-electron chi connectivity index (χ3n) is 2.86. The second kappa shape index (κ2) is 6.89. The number of aromatic nitrogens is 1. The molecule has 0 fully saturated rings. The van der Waals surface area contributed by atoms with E-state index in [0.717, 1.165) is 18.5 Å². The molecule has 0 amide bonds. The van der Waals surface area contributed by atoms with Crippen LogP contribution in [0.4, 0.5) is 0 Å². The van der Waals surface area contributed by atoms with Crippen LogP contribution in [0.2, 0.25) is 0 Å². The van der Waals surface area contributed by atoms with E-state index in [1.807, 2.05) is 24.3 Å². The fourth-order valence-corrected chi connectivity index (χ4v) is 1.81. The molecule has 0 N–H and O–H groups in total. The van der Waals surface area contributed by atoms with Gasteiger partial charge in [0.15, 0.2) is 0 Å². The highest BCUT2D eigenvalue weighted by molar-refractivity contribution is 5.88.